The van der Waals surface area contributed by atoms with Gasteiger partial charge in [0.2, 0.25) is 5.91 Å². The van der Waals surface area contributed by atoms with Gasteiger partial charge in [-0.05, 0) is 29.9 Å². The highest BCUT2D eigenvalue weighted by Crippen LogP contribution is 2.22. The fourth-order valence-electron chi connectivity index (χ4n) is 3.12. The maximum atomic E-state index is 11.5. The highest BCUT2D eigenvalue weighted by Gasteiger charge is 2.20. The number of hydrogen-bond acceptors (Lipinski definition) is 2. The first-order valence-electron chi connectivity index (χ1n) is 9.69. The number of benzene rings is 1. The van der Waals surface area contributed by atoms with Crippen molar-refractivity contribution in [1.29, 1.82) is 0 Å². The summed E-state index contributed by atoms with van der Waals surface area (Å²) in [5, 5.41) is 3.38. The highest BCUT2D eigenvalue weighted by molar-refractivity contribution is 5.80. The van der Waals surface area contributed by atoms with Crippen molar-refractivity contribution in [2.75, 3.05) is 39.3 Å². The van der Waals surface area contributed by atoms with Crippen molar-refractivity contribution < 1.29 is 4.79 Å². The zero-order valence-electron chi connectivity index (χ0n) is 17.0. The summed E-state index contributed by atoms with van der Waals surface area (Å²) in [4.78, 5) is 20.4. The van der Waals surface area contributed by atoms with Crippen molar-refractivity contribution in [2.24, 2.45) is 4.99 Å². The maximum Gasteiger partial charge on any atom is 0.219 e. The molecule has 1 aliphatic heterocycles. The second kappa shape index (κ2) is 9.06. The van der Waals surface area contributed by atoms with Crippen molar-refractivity contribution in [3.8, 4) is 0 Å². The van der Waals surface area contributed by atoms with Crippen molar-refractivity contribution in [1.82, 2.24) is 15.1 Å². The van der Waals surface area contributed by atoms with Crippen molar-refractivity contribution in [3.63, 3.8) is 0 Å². The minimum absolute atomic E-state index is 0.158. The number of carbonyl (C=O) groups is 1. The van der Waals surface area contributed by atoms with Crippen molar-refractivity contribution in [2.45, 2.75) is 46.5 Å². The minimum atomic E-state index is 0.158. The third-order valence-corrected chi connectivity index (χ3v) is 4.84. The molecule has 1 amide bonds. The molecule has 1 fully saturated rings. The predicted molar refractivity (Wildman–Crippen MR) is 109 cm³/mol. The summed E-state index contributed by atoms with van der Waals surface area (Å²) in [5.41, 5.74) is 2.87. The SMILES string of the molecule is CCNC(=NCCc1ccc(C(C)(C)C)cc1)N1CCN(C(C)=O)CC1. The van der Waals surface area contributed by atoms with Gasteiger partial charge in [-0.25, -0.2) is 0 Å². The van der Waals surface area contributed by atoms with Crippen LogP contribution in [0.5, 0.6) is 0 Å². The number of piperazine rings is 1. The number of aliphatic imine (C=N–C) groups is 1. The van der Waals surface area contributed by atoms with E-state index >= 15 is 0 Å². The molecule has 144 valence electrons. The standard InChI is InChI=1S/C21H34N4O/c1-6-22-20(25-15-13-24(14-16-25)17(2)26)23-12-11-18-7-9-19(10-8-18)21(3,4)5/h7-10H,6,11-16H2,1-5H3,(H,22,23). The topological polar surface area (TPSA) is 47.9 Å². The van der Waals surface area contributed by atoms with Crippen LogP contribution in [0.3, 0.4) is 0 Å². The molecule has 0 radical (unpaired) electrons. The van der Waals surface area contributed by atoms with Crippen molar-refractivity contribution >= 4 is 11.9 Å². The number of hydrogen-bond donors (Lipinski definition) is 1. The van der Waals surface area contributed by atoms with Gasteiger partial charge in [0.1, 0.15) is 0 Å². The molecule has 5 heteroatoms. The van der Waals surface area contributed by atoms with Gasteiger partial charge in [0.05, 0.1) is 0 Å². The van der Waals surface area contributed by atoms with Gasteiger partial charge in [-0.15, -0.1) is 0 Å². The van der Waals surface area contributed by atoms with Gasteiger partial charge in [-0.3, -0.25) is 9.79 Å². The van der Waals surface area contributed by atoms with Crippen LogP contribution < -0.4 is 5.32 Å². The van der Waals surface area contributed by atoms with E-state index in [1.54, 1.807) is 6.92 Å². The van der Waals surface area contributed by atoms with Gasteiger partial charge in [0.15, 0.2) is 5.96 Å². The first-order valence-corrected chi connectivity index (χ1v) is 9.69. The number of rotatable bonds is 4. The molecule has 0 unspecified atom stereocenters. The molecule has 2 rings (SSSR count). The van der Waals surface area contributed by atoms with E-state index < -0.39 is 0 Å². The molecule has 26 heavy (non-hydrogen) atoms. The molecule has 1 aromatic rings. The average molecular weight is 359 g/mol. The maximum absolute atomic E-state index is 11.5. The zero-order valence-corrected chi connectivity index (χ0v) is 17.0. The Morgan fingerprint density at radius 2 is 1.65 bits per heavy atom. The lowest BCUT2D eigenvalue weighted by Gasteiger charge is -2.36. The van der Waals surface area contributed by atoms with Gasteiger partial charge in [-0.2, -0.15) is 0 Å². The van der Waals surface area contributed by atoms with Crippen molar-refractivity contribution in [3.05, 3.63) is 35.4 Å². The number of nitrogens with zero attached hydrogens (tertiary/aromatic N) is 3. The van der Waals surface area contributed by atoms with E-state index in [1.807, 2.05) is 4.90 Å². The molecule has 0 spiro atoms. The summed E-state index contributed by atoms with van der Waals surface area (Å²) in [7, 11) is 0. The van der Waals surface area contributed by atoms with Crippen LogP contribution in [0, 0.1) is 0 Å². The van der Waals surface area contributed by atoms with Crippen LogP contribution >= 0.6 is 0 Å². The molecule has 1 saturated heterocycles. The second-order valence-corrected chi connectivity index (χ2v) is 7.93. The third-order valence-electron chi connectivity index (χ3n) is 4.84. The Morgan fingerprint density at radius 1 is 1.08 bits per heavy atom. The largest absolute Gasteiger partial charge is 0.357 e. The molecular formula is C21H34N4O. The lowest BCUT2D eigenvalue weighted by Crippen LogP contribution is -2.53. The lowest BCUT2D eigenvalue weighted by atomic mass is 9.86. The molecular weight excluding hydrogens is 324 g/mol. The monoisotopic (exact) mass is 358 g/mol. The number of nitrogens with one attached hydrogen (secondary N) is 1. The van der Waals surface area contributed by atoms with E-state index in [2.05, 4.69) is 62.2 Å². The molecule has 5 nitrogen and oxygen atoms in total. The smallest absolute Gasteiger partial charge is 0.219 e. The minimum Gasteiger partial charge on any atom is -0.357 e. The normalized spacial score (nSPS) is 16.0. The lowest BCUT2D eigenvalue weighted by molar-refractivity contribution is -0.130. The van der Waals surface area contributed by atoms with E-state index in [0.29, 0.717) is 0 Å². The highest BCUT2D eigenvalue weighted by atomic mass is 16.2. The Labute approximate surface area is 158 Å². The molecule has 0 atom stereocenters. The zero-order chi connectivity index (χ0) is 19.2. The van der Waals surface area contributed by atoms with Gasteiger partial charge >= 0.3 is 0 Å². The number of amides is 1. The summed E-state index contributed by atoms with van der Waals surface area (Å²) >= 11 is 0. The van der Waals surface area contributed by atoms with Crippen LogP contribution in [0.1, 0.15) is 45.7 Å². The molecule has 1 aromatic carbocycles. The van der Waals surface area contributed by atoms with Crippen LogP contribution in [0.25, 0.3) is 0 Å². The van der Waals surface area contributed by atoms with Crippen LogP contribution in [0.2, 0.25) is 0 Å². The second-order valence-electron chi connectivity index (χ2n) is 7.93. The molecule has 0 saturated carbocycles. The summed E-state index contributed by atoms with van der Waals surface area (Å²) < 4.78 is 0. The Balaban J connectivity index is 1.92. The van der Waals surface area contributed by atoms with Gasteiger partial charge < -0.3 is 15.1 Å². The van der Waals surface area contributed by atoms with E-state index in [9.17, 15) is 4.79 Å². The van der Waals surface area contributed by atoms with Crippen LogP contribution in [0.4, 0.5) is 0 Å². The average Bonchev–Trinajstić information content (AvgIpc) is 2.61. The van der Waals surface area contributed by atoms with E-state index in [0.717, 1.165) is 51.6 Å². The Morgan fingerprint density at radius 3 is 2.15 bits per heavy atom. The van der Waals surface area contributed by atoms with Crippen LogP contribution in [0.15, 0.2) is 29.3 Å². The molecule has 1 N–H and O–H groups in total. The van der Waals surface area contributed by atoms with E-state index in [1.165, 1.54) is 11.1 Å². The first-order chi connectivity index (χ1) is 12.3. The van der Waals surface area contributed by atoms with Crippen LogP contribution in [-0.4, -0.2) is 60.9 Å². The molecule has 1 aliphatic rings. The summed E-state index contributed by atoms with van der Waals surface area (Å²) in [5.74, 6) is 1.12. The molecule has 1 heterocycles. The third kappa shape index (κ3) is 5.75. The fraction of sp³-hybridized carbons (Fsp3) is 0.619. The summed E-state index contributed by atoms with van der Waals surface area (Å²) in [6.07, 6.45) is 0.937. The van der Waals surface area contributed by atoms with Gasteiger partial charge in [0, 0.05) is 46.2 Å². The molecule has 0 bridgehead atoms. The molecule has 0 aliphatic carbocycles. The van der Waals surface area contributed by atoms with Crippen LogP contribution in [-0.2, 0) is 16.6 Å². The quantitative estimate of drug-likeness (QED) is 0.665. The Hall–Kier alpha value is -2.04. The summed E-state index contributed by atoms with van der Waals surface area (Å²) in [6.45, 7) is 15.3. The van der Waals surface area contributed by atoms with E-state index in [4.69, 9.17) is 4.99 Å². The Kier molecular flexibility index (Phi) is 7.06. The molecule has 0 aromatic heterocycles. The fourth-order valence-corrected chi connectivity index (χ4v) is 3.12. The van der Waals surface area contributed by atoms with E-state index in [-0.39, 0.29) is 11.3 Å². The number of carbonyl (C=O) groups excluding carboxylic acids is 1. The predicted octanol–water partition coefficient (Wildman–Crippen LogP) is 2.66. The Bertz CT molecular complexity index is 608. The summed E-state index contributed by atoms with van der Waals surface area (Å²) in [6, 6.07) is 8.89. The first kappa shape index (κ1) is 20.3. The number of guanidine groups is 1. The van der Waals surface area contributed by atoms with Gasteiger partial charge in [-0.1, -0.05) is 45.0 Å². The van der Waals surface area contributed by atoms with Gasteiger partial charge in [0.25, 0.3) is 0 Å².